The Morgan fingerprint density at radius 2 is 1.96 bits per heavy atom. The van der Waals surface area contributed by atoms with Crippen LogP contribution >= 0.6 is 34.5 Å². The van der Waals surface area contributed by atoms with Gasteiger partial charge in [-0.3, -0.25) is 10.1 Å². The highest BCUT2D eigenvalue weighted by atomic mass is 35.5. The van der Waals surface area contributed by atoms with Crippen LogP contribution in [0.15, 0.2) is 12.1 Å². The smallest absolute Gasteiger partial charge is 0.257 e. The first-order chi connectivity index (χ1) is 11.4. The fourth-order valence-electron chi connectivity index (χ4n) is 1.84. The number of anilines is 1. The van der Waals surface area contributed by atoms with E-state index >= 15 is 0 Å². The number of benzene rings is 1. The maximum atomic E-state index is 12.3. The molecule has 0 radical (unpaired) electrons. The molecule has 0 unspecified atom stereocenters. The lowest BCUT2D eigenvalue weighted by Crippen LogP contribution is -2.12. The number of nitrogens with zero attached hydrogens (tertiary/aromatic N) is 2. The van der Waals surface area contributed by atoms with Crippen LogP contribution in [0, 0.1) is 0 Å². The summed E-state index contributed by atoms with van der Waals surface area (Å²) in [6.45, 7) is 6.63. The third-order valence-corrected chi connectivity index (χ3v) is 4.86. The Kier molecular flexibility index (Phi) is 6.83. The van der Waals surface area contributed by atoms with Crippen molar-refractivity contribution < 1.29 is 9.53 Å². The first-order valence-corrected chi connectivity index (χ1v) is 9.26. The van der Waals surface area contributed by atoms with Gasteiger partial charge in [-0.25, -0.2) is 0 Å². The summed E-state index contributed by atoms with van der Waals surface area (Å²) < 4.78 is 5.57. The van der Waals surface area contributed by atoms with Crippen LogP contribution in [0.3, 0.4) is 0 Å². The number of rotatable bonds is 7. The van der Waals surface area contributed by atoms with Crippen molar-refractivity contribution in [1.29, 1.82) is 0 Å². The number of hydrogen-bond donors (Lipinski definition) is 1. The van der Waals surface area contributed by atoms with E-state index in [9.17, 15) is 4.79 Å². The van der Waals surface area contributed by atoms with Crippen LogP contribution in [0.4, 0.5) is 5.13 Å². The minimum atomic E-state index is -0.342. The normalized spacial score (nSPS) is 10.9. The fourth-order valence-corrected chi connectivity index (χ4v) is 3.17. The molecule has 1 aromatic heterocycles. The molecule has 0 aliphatic carbocycles. The summed E-state index contributed by atoms with van der Waals surface area (Å²) in [5.74, 6) is 0.323. The molecule has 2 rings (SSSR count). The molecule has 5 nitrogen and oxygen atoms in total. The highest BCUT2D eigenvalue weighted by Crippen LogP contribution is 2.34. The molecule has 8 heteroatoms. The zero-order valence-electron chi connectivity index (χ0n) is 13.7. The van der Waals surface area contributed by atoms with E-state index in [1.54, 1.807) is 0 Å². The Balaban J connectivity index is 2.11. The molecule has 0 saturated heterocycles. The Labute approximate surface area is 155 Å². The second-order valence-corrected chi connectivity index (χ2v) is 7.35. The van der Waals surface area contributed by atoms with Crippen molar-refractivity contribution >= 4 is 45.6 Å². The van der Waals surface area contributed by atoms with Crippen molar-refractivity contribution in [3.8, 4) is 5.75 Å². The van der Waals surface area contributed by atoms with E-state index in [1.807, 2.05) is 13.8 Å². The van der Waals surface area contributed by atoms with Crippen LogP contribution in [0.25, 0.3) is 0 Å². The third kappa shape index (κ3) is 4.82. The van der Waals surface area contributed by atoms with Crippen LogP contribution in [-0.2, 0) is 0 Å². The van der Waals surface area contributed by atoms with Gasteiger partial charge >= 0.3 is 0 Å². The molecule has 1 aromatic carbocycles. The minimum absolute atomic E-state index is 0.261. The van der Waals surface area contributed by atoms with Crippen molar-refractivity contribution in [3.63, 3.8) is 0 Å². The number of nitrogens with one attached hydrogen (secondary N) is 1. The molecule has 1 amide bonds. The largest absolute Gasteiger partial charge is 0.490 e. The van der Waals surface area contributed by atoms with Crippen molar-refractivity contribution in [3.05, 3.63) is 32.7 Å². The lowest BCUT2D eigenvalue weighted by molar-refractivity contribution is 0.102. The number of ether oxygens (including phenoxy) is 1. The summed E-state index contributed by atoms with van der Waals surface area (Å²) in [5.41, 5.74) is 0.342. The quantitative estimate of drug-likeness (QED) is 0.645. The predicted molar refractivity (Wildman–Crippen MR) is 98.8 cm³/mol. The molecule has 1 heterocycles. The SMILES string of the molecule is CCCCOc1c(Cl)cc(C(=O)Nc2nnc(C(C)C)s2)cc1Cl. The number of halogens is 2. The Morgan fingerprint density at radius 3 is 2.50 bits per heavy atom. The highest BCUT2D eigenvalue weighted by Gasteiger charge is 2.16. The summed E-state index contributed by atoms with van der Waals surface area (Å²) in [5, 5.41) is 12.6. The van der Waals surface area contributed by atoms with Crippen LogP contribution in [0.2, 0.25) is 10.0 Å². The molecular formula is C16H19Cl2N3O2S. The van der Waals surface area contributed by atoms with E-state index in [2.05, 4.69) is 22.4 Å². The molecule has 2 aromatic rings. The van der Waals surface area contributed by atoms with Crippen molar-refractivity contribution in [2.75, 3.05) is 11.9 Å². The zero-order chi connectivity index (χ0) is 17.7. The zero-order valence-corrected chi connectivity index (χ0v) is 16.1. The molecule has 0 aliphatic heterocycles. The van der Waals surface area contributed by atoms with Gasteiger partial charge in [0.25, 0.3) is 5.91 Å². The van der Waals surface area contributed by atoms with E-state index in [-0.39, 0.29) is 11.8 Å². The van der Waals surface area contributed by atoms with E-state index in [1.165, 1.54) is 23.5 Å². The number of hydrogen-bond acceptors (Lipinski definition) is 5. The number of carbonyl (C=O) groups is 1. The number of amides is 1. The standard InChI is InChI=1S/C16H19Cl2N3O2S/c1-4-5-6-23-13-11(17)7-10(8-12(13)18)14(22)19-16-21-20-15(24-16)9(2)3/h7-9H,4-6H2,1-3H3,(H,19,21,22). The highest BCUT2D eigenvalue weighted by molar-refractivity contribution is 7.15. The Bertz CT molecular complexity index is 696. The van der Waals surface area contributed by atoms with E-state index < -0.39 is 0 Å². The molecule has 0 aliphatic rings. The molecule has 24 heavy (non-hydrogen) atoms. The summed E-state index contributed by atoms with van der Waals surface area (Å²) in [6, 6.07) is 3.07. The molecule has 0 spiro atoms. The van der Waals surface area contributed by atoms with Gasteiger partial charge in [0.15, 0.2) is 5.75 Å². The van der Waals surface area contributed by atoms with Gasteiger partial charge in [-0.15, -0.1) is 10.2 Å². The number of aromatic nitrogens is 2. The Morgan fingerprint density at radius 1 is 1.29 bits per heavy atom. The monoisotopic (exact) mass is 387 g/mol. The molecule has 130 valence electrons. The average Bonchev–Trinajstić information content (AvgIpc) is 2.98. The Hall–Kier alpha value is -1.37. The van der Waals surface area contributed by atoms with Crippen LogP contribution < -0.4 is 10.1 Å². The second-order valence-electron chi connectivity index (χ2n) is 5.53. The van der Waals surface area contributed by atoms with E-state index in [4.69, 9.17) is 27.9 Å². The van der Waals surface area contributed by atoms with Crippen LogP contribution in [-0.4, -0.2) is 22.7 Å². The molecule has 0 atom stereocenters. The van der Waals surface area contributed by atoms with Gasteiger partial charge in [-0.05, 0) is 18.6 Å². The van der Waals surface area contributed by atoms with Crippen LogP contribution in [0.5, 0.6) is 5.75 Å². The van der Waals surface area contributed by atoms with Crippen LogP contribution in [0.1, 0.15) is 54.9 Å². The minimum Gasteiger partial charge on any atom is -0.490 e. The first-order valence-electron chi connectivity index (χ1n) is 7.69. The topological polar surface area (TPSA) is 64.1 Å². The molecular weight excluding hydrogens is 369 g/mol. The predicted octanol–water partition coefficient (Wildman–Crippen LogP) is 5.40. The summed E-state index contributed by atoms with van der Waals surface area (Å²) in [7, 11) is 0. The lowest BCUT2D eigenvalue weighted by Gasteiger charge is -2.11. The fraction of sp³-hybridized carbons (Fsp3) is 0.438. The van der Waals surface area contributed by atoms with Gasteiger partial charge in [0.05, 0.1) is 16.7 Å². The van der Waals surface area contributed by atoms with Gasteiger partial charge < -0.3 is 4.74 Å². The van der Waals surface area contributed by atoms with E-state index in [0.29, 0.717) is 33.1 Å². The lowest BCUT2D eigenvalue weighted by atomic mass is 10.2. The molecule has 1 N–H and O–H groups in total. The van der Waals surface area contributed by atoms with Crippen molar-refractivity contribution in [1.82, 2.24) is 10.2 Å². The second kappa shape index (κ2) is 8.65. The summed E-state index contributed by atoms with van der Waals surface area (Å²) >= 11 is 13.7. The molecule has 0 fully saturated rings. The van der Waals surface area contributed by atoms with Gasteiger partial charge in [-0.2, -0.15) is 0 Å². The van der Waals surface area contributed by atoms with Crippen molar-refractivity contribution in [2.45, 2.75) is 39.5 Å². The first kappa shape index (κ1) is 19.0. The van der Waals surface area contributed by atoms with Crippen molar-refractivity contribution in [2.24, 2.45) is 0 Å². The average molecular weight is 388 g/mol. The maximum Gasteiger partial charge on any atom is 0.257 e. The van der Waals surface area contributed by atoms with Gasteiger partial charge in [-0.1, -0.05) is 61.7 Å². The van der Waals surface area contributed by atoms with Gasteiger partial charge in [0.2, 0.25) is 5.13 Å². The third-order valence-electron chi connectivity index (χ3n) is 3.16. The van der Waals surface area contributed by atoms with E-state index in [0.717, 1.165) is 17.8 Å². The van der Waals surface area contributed by atoms with Gasteiger partial charge in [0.1, 0.15) is 5.01 Å². The molecule has 0 bridgehead atoms. The molecule has 0 saturated carbocycles. The number of unbranched alkanes of at least 4 members (excludes halogenated alkanes) is 1. The number of carbonyl (C=O) groups excluding carboxylic acids is 1. The summed E-state index contributed by atoms with van der Waals surface area (Å²) in [6.07, 6.45) is 1.92. The maximum absolute atomic E-state index is 12.3. The summed E-state index contributed by atoms with van der Waals surface area (Å²) in [4.78, 5) is 12.3. The van der Waals surface area contributed by atoms with Gasteiger partial charge in [0, 0.05) is 11.5 Å².